The molecule has 0 fully saturated rings. The van der Waals surface area contributed by atoms with Crippen molar-refractivity contribution in [3.8, 4) is 11.3 Å². The molecule has 2 rings (SSSR count). The van der Waals surface area contributed by atoms with Gasteiger partial charge >= 0.3 is 0 Å². The van der Waals surface area contributed by atoms with Crippen molar-refractivity contribution in [1.82, 2.24) is 5.32 Å². The summed E-state index contributed by atoms with van der Waals surface area (Å²) in [6, 6.07) is 8.78. The van der Waals surface area contributed by atoms with Gasteiger partial charge in [0.05, 0.1) is 6.54 Å². The van der Waals surface area contributed by atoms with E-state index in [1.54, 1.807) is 13.0 Å². The Kier molecular flexibility index (Phi) is 3.06. The fourth-order valence-electron chi connectivity index (χ4n) is 1.67. The van der Waals surface area contributed by atoms with Crippen molar-refractivity contribution in [2.75, 3.05) is 7.05 Å². The van der Waals surface area contributed by atoms with E-state index in [2.05, 4.69) is 5.32 Å². The van der Waals surface area contributed by atoms with Gasteiger partial charge in [-0.15, -0.1) is 0 Å². The molecule has 1 heterocycles. The van der Waals surface area contributed by atoms with Gasteiger partial charge in [-0.05, 0) is 37.7 Å². The zero-order valence-electron chi connectivity index (χ0n) is 9.38. The van der Waals surface area contributed by atoms with Crippen LogP contribution < -0.4 is 5.32 Å². The van der Waals surface area contributed by atoms with Crippen LogP contribution in [0, 0.1) is 12.7 Å². The lowest BCUT2D eigenvalue weighted by Crippen LogP contribution is -2.03. The van der Waals surface area contributed by atoms with Gasteiger partial charge in [-0.1, -0.05) is 12.1 Å². The second-order valence-electron chi connectivity index (χ2n) is 3.71. The first-order valence-electron chi connectivity index (χ1n) is 5.21. The molecule has 0 amide bonds. The van der Waals surface area contributed by atoms with Gasteiger partial charge in [-0.2, -0.15) is 0 Å². The SMILES string of the molecule is CNCc1ccc(-c2cccc(F)c2C)o1. The van der Waals surface area contributed by atoms with Crippen molar-refractivity contribution < 1.29 is 8.81 Å². The van der Waals surface area contributed by atoms with Gasteiger partial charge in [0.15, 0.2) is 0 Å². The van der Waals surface area contributed by atoms with E-state index in [9.17, 15) is 4.39 Å². The van der Waals surface area contributed by atoms with E-state index in [4.69, 9.17) is 4.42 Å². The summed E-state index contributed by atoms with van der Waals surface area (Å²) >= 11 is 0. The fraction of sp³-hybridized carbons (Fsp3) is 0.231. The summed E-state index contributed by atoms with van der Waals surface area (Å²) in [6.07, 6.45) is 0. The molecule has 0 unspecified atom stereocenters. The molecule has 1 aromatic carbocycles. The topological polar surface area (TPSA) is 25.2 Å². The first kappa shape index (κ1) is 10.9. The quantitative estimate of drug-likeness (QED) is 0.858. The number of hydrogen-bond acceptors (Lipinski definition) is 2. The average molecular weight is 219 g/mol. The Morgan fingerprint density at radius 2 is 2.06 bits per heavy atom. The van der Waals surface area contributed by atoms with E-state index in [1.807, 2.05) is 25.2 Å². The van der Waals surface area contributed by atoms with Gasteiger partial charge in [-0.3, -0.25) is 0 Å². The Hall–Kier alpha value is -1.61. The Morgan fingerprint density at radius 1 is 1.25 bits per heavy atom. The van der Waals surface area contributed by atoms with Crippen LogP contribution in [-0.4, -0.2) is 7.05 Å². The van der Waals surface area contributed by atoms with Gasteiger partial charge in [0, 0.05) is 5.56 Å². The third-order valence-electron chi connectivity index (χ3n) is 2.55. The minimum atomic E-state index is -0.205. The maximum absolute atomic E-state index is 13.4. The van der Waals surface area contributed by atoms with Crippen LogP contribution in [0.3, 0.4) is 0 Å². The smallest absolute Gasteiger partial charge is 0.134 e. The highest BCUT2D eigenvalue weighted by Crippen LogP contribution is 2.26. The van der Waals surface area contributed by atoms with Gasteiger partial charge in [0.1, 0.15) is 17.3 Å². The summed E-state index contributed by atoms with van der Waals surface area (Å²) in [6.45, 7) is 2.43. The van der Waals surface area contributed by atoms with Crippen molar-refractivity contribution >= 4 is 0 Å². The molecule has 84 valence electrons. The summed E-state index contributed by atoms with van der Waals surface area (Å²) < 4.78 is 19.0. The predicted octanol–water partition coefficient (Wildman–Crippen LogP) is 3.11. The third kappa shape index (κ3) is 1.99. The summed E-state index contributed by atoms with van der Waals surface area (Å²) in [5, 5.41) is 3.01. The molecule has 0 bridgehead atoms. The zero-order valence-corrected chi connectivity index (χ0v) is 9.38. The normalized spacial score (nSPS) is 10.7. The monoisotopic (exact) mass is 219 g/mol. The summed E-state index contributed by atoms with van der Waals surface area (Å²) in [5.41, 5.74) is 1.43. The molecule has 0 spiro atoms. The summed E-state index contributed by atoms with van der Waals surface area (Å²) in [4.78, 5) is 0. The molecule has 0 aliphatic rings. The van der Waals surface area contributed by atoms with Crippen molar-refractivity contribution in [1.29, 1.82) is 0 Å². The lowest BCUT2D eigenvalue weighted by Gasteiger charge is -2.03. The van der Waals surface area contributed by atoms with Crippen molar-refractivity contribution in [2.45, 2.75) is 13.5 Å². The molecule has 2 aromatic rings. The molecule has 1 N–H and O–H groups in total. The highest BCUT2D eigenvalue weighted by Gasteiger charge is 2.09. The number of benzene rings is 1. The Balaban J connectivity index is 2.39. The van der Waals surface area contributed by atoms with E-state index in [1.165, 1.54) is 6.07 Å². The molecule has 16 heavy (non-hydrogen) atoms. The highest BCUT2D eigenvalue weighted by molar-refractivity contribution is 5.62. The van der Waals surface area contributed by atoms with E-state index >= 15 is 0 Å². The van der Waals surface area contributed by atoms with Gasteiger partial charge in [0.25, 0.3) is 0 Å². The summed E-state index contributed by atoms with van der Waals surface area (Å²) in [5.74, 6) is 1.35. The molecule has 2 nitrogen and oxygen atoms in total. The van der Waals surface area contributed by atoms with Crippen LogP contribution in [0.2, 0.25) is 0 Å². The highest BCUT2D eigenvalue weighted by atomic mass is 19.1. The van der Waals surface area contributed by atoms with Crippen LogP contribution in [0.25, 0.3) is 11.3 Å². The summed E-state index contributed by atoms with van der Waals surface area (Å²) in [7, 11) is 1.86. The molecular formula is C13H14FNO. The fourth-order valence-corrected chi connectivity index (χ4v) is 1.67. The number of nitrogens with one attached hydrogen (secondary N) is 1. The number of hydrogen-bond donors (Lipinski definition) is 1. The molecule has 0 saturated carbocycles. The van der Waals surface area contributed by atoms with Crippen molar-refractivity contribution in [2.24, 2.45) is 0 Å². The van der Waals surface area contributed by atoms with Crippen molar-refractivity contribution in [3.05, 3.63) is 47.5 Å². The van der Waals surface area contributed by atoms with Gasteiger partial charge < -0.3 is 9.73 Å². The molecular weight excluding hydrogens is 205 g/mol. The minimum absolute atomic E-state index is 0.205. The van der Waals surface area contributed by atoms with Gasteiger partial charge in [-0.25, -0.2) is 4.39 Å². The number of furan rings is 1. The van der Waals surface area contributed by atoms with Crippen molar-refractivity contribution in [3.63, 3.8) is 0 Å². The third-order valence-corrected chi connectivity index (χ3v) is 2.55. The van der Waals surface area contributed by atoms with Crippen LogP contribution in [0.15, 0.2) is 34.7 Å². The minimum Gasteiger partial charge on any atom is -0.460 e. The van der Waals surface area contributed by atoms with E-state index in [-0.39, 0.29) is 5.82 Å². The zero-order chi connectivity index (χ0) is 11.5. The molecule has 0 saturated heterocycles. The average Bonchev–Trinajstić information content (AvgIpc) is 2.71. The first-order chi connectivity index (χ1) is 7.72. The maximum atomic E-state index is 13.4. The molecule has 0 radical (unpaired) electrons. The van der Waals surface area contributed by atoms with Crippen LogP contribution in [0.1, 0.15) is 11.3 Å². The maximum Gasteiger partial charge on any atom is 0.134 e. The lowest BCUT2D eigenvalue weighted by atomic mass is 10.1. The standard InChI is InChI=1S/C13H14FNO/c1-9-11(4-3-5-12(9)14)13-7-6-10(16-13)8-15-2/h3-7,15H,8H2,1-2H3. The molecule has 0 aliphatic heterocycles. The lowest BCUT2D eigenvalue weighted by molar-refractivity contribution is 0.506. The van der Waals surface area contributed by atoms with Crippen LogP contribution >= 0.6 is 0 Å². The molecule has 1 aromatic heterocycles. The predicted molar refractivity (Wildman–Crippen MR) is 61.6 cm³/mol. The van der Waals surface area contributed by atoms with Crippen LogP contribution in [0.5, 0.6) is 0 Å². The van der Waals surface area contributed by atoms with E-state index < -0.39 is 0 Å². The Morgan fingerprint density at radius 3 is 2.81 bits per heavy atom. The Labute approximate surface area is 94.1 Å². The first-order valence-corrected chi connectivity index (χ1v) is 5.21. The second-order valence-corrected chi connectivity index (χ2v) is 3.71. The largest absolute Gasteiger partial charge is 0.460 e. The van der Waals surface area contributed by atoms with E-state index in [0.29, 0.717) is 17.9 Å². The number of rotatable bonds is 3. The molecule has 3 heteroatoms. The Bertz CT molecular complexity index is 490. The molecule has 0 atom stereocenters. The van der Waals surface area contributed by atoms with E-state index in [0.717, 1.165) is 11.3 Å². The molecule has 0 aliphatic carbocycles. The van der Waals surface area contributed by atoms with Crippen LogP contribution in [-0.2, 0) is 6.54 Å². The second kappa shape index (κ2) is 4.49. The van der Waals surface area contributed by atoms with Gasteiger partial charge in [0.2, 0.25) is 0 Å². The number of halogens is 1. The van der Waals surface area contributed by atoms with Crippen LogP contribution in [0.4, 0.5) is 4.39 Å².